The third-order valence-electron chi connectivity index (χ3n) is 4.67. The number of aliphatic carboxylic acids is 1. The van der Waals surface area contributed by atoms with Crippen molar-refractivity contribution < 1.29 is 14.7 Å². The van der Waals surface area contributed by atoms with Crippen LogP contribution >= 0.6 is 11.8 Å². The van der Waals surface area contributed by atoms with Gasteiger partial charge in [0.15, 0.2) is 0 Å². The van der Waals surface area contributed by atoms with Gasteiger partial charge in [0.2, 0.25) is 5.91 Å². The molecule has 1 aliphatic carbocycles. The van der Waals surface area contributed by atoms with Crippen LogP contribution in [0.2, 0.25) is 0 Å². The summed E-state index contributed by atoms with van der Waals surface area (Å²) >= 11 is 1.60. The summed E-state index contributed by atoms with van der Waals surface area (Å²) in [5.74, 6) is 0.440. The van der Waals surface area contributed by atoms with Gasteiger partial charge in [-0.2, -0.15) is 0 Å². The fourth-order valence-corrected chi connectivity index (χ4v) is 4.85. The molecule has 1 aliphatic heterocycles. The quantitative estimate of drug-likeness (QED) is 0.826. The molecular formula is C15H26N2O3S. The Bertz CT molecular complexity index is 394. The second-order valence-electron chi connectivity index (χ2n) is 6.52. The average Bonchev–Trinajstić information content (AvgIpc) is 2.91. The van der Waals surface area contributed by atoms with Crippen molar-refractivity contribution in [2.24, 2.45) is 23.5 Å². The molecule has 2 fully saturated rings. The molecule has 0 radical (unpaired) electrons. The molecule has 1 saturated heterocycles. The van der Waals surface area contributed by atoms with Gasteiger partial charge in [-0.3, -0.25) is 4.79 Å². The van der Waals surface area contributed by atoms with Crippen LogP contribution in [0.15, 0.2) is 0 Å². The molecule has 0 aromatic heterocycles. The highest BCUT2D eigenvalue weighted by Gasteiger charge is 2.45. The van der Waals surface area contributed by atoms with E-state index in [-0.39, 0.29) is 23.1 Å². The van der Waals surface area contributed by atoms with Gasteiger partial charge in [0.25, 0.3) is 0 Å². The van der Waals surface area contributed by atoms with Gasteiger partial charge in [-0.1, -0.05) is 13.8 Å². The predicted molar refractivity (Wildman–Crippen MR) is 83.9 cm³/mol. The summed E-state index contributed by atoms with van der Waals surface area (Å²) in [5.41, 5.74) is 5.69. The lowest BCUT2D eigenvalue weighted by molar-refractivity contribution is -0.152. The summed E-state index contributed by atoms with van der Waals surface area (Å²) in [4.78, 5) is 25.9. The molecule has 21 heavy (non-hydrogen) atoms. The standard InChI is InChI=1S/C15H26N2O3S/c1-9(2)14-17(12(8-21-14)15(19)20)13(18)11-5-3-10(7-16)4-6-11/h9-12,14H,3-8,16H2,1-2H3,(H,19,20). The zero-order chi connectivity index (χ0) is 15.6. The number of carbonyl (C=O) groups excluding carboxylic acids is 1. The zero-order valence-electron chi connectivity index (χ0n) is 12.8. The van der Waals surface area contributed by atoms with Crippen LogP contribution in [-0.2, 0) is 9.59 Å². The van der Waals surface area contributed by atoms with Crippen LogP contribution in [0.3, 0.4) is 0 Å². The molecule has 1 amide bonds. The Morgan fingerprint density at radius 2 is 1.90 bits per heavy atom. The molecule has 0 aromatic carbocycles. The topological polar surface area (TPSA) is 83.6 Å². The van der Waals surface area contributed by atoms with Crippen molar-refractivity contribution in [3.8, 4) is 0 Å². The number of carbonyl (C=O) groups is 2. The number of thioether (sulfide) groups is 1. The van der Waals surface area contributed by atoms with Gasteiger partial charge >= 0.3 is 5.97 Å². The number of amides is 1. The second-order valence-corrected chi connectivity index (χ2v) is 7.67. The van der Waals surface area contributed by atoms with E-state index in [1.165, 1.54) is 0 Å². The second kappa shape index (κ2) is 7.01. The first-order valence-electron chi connectivity index (χ1n) is 7.82. The Labute approximate surface area is 130 Å². The molecule has 2 atom stereocenters. The highest BCUT2D eigenvalue weighted by atomic mass is 32.2. The van der Waals surface area contributed by atoms with Gasteiger partial charge in [0, 0.05) is 11.7 Å². The van der Waals surface area contributed by atoms with Crippen LogP contribution in [0.4, 0.5) is 0 Å². The molecule has 0 bridgehead atoms. The van der Waals surface area contributed by atoms with Crippen LogP contribution < -0.4 is 5.73 Å². The Kier molecular flexibility index (Phi) is 5.54. The SMILES string of the molecule is CC(C)C1SCC(C(=O)O)N1C(=O)C1CCC(CN)CC1. The number of carboxylic acid groups (broad SMARTS) is 1. The average molecular weight is 314 g/mol. The summed E-state index contributed by atoms with van der Waals surface area (Å²) in [6.45, 7) is 4.79. The maximum absolute atomic E-state index is 12.8. The smallest absolute Gasteiger partial charge is 0.327 e. The van der Waals surface area contributed by atoms with Crippen molar-refractivity contribution in [1.82, 2.24) is 4.90 Å². The molecule has 0 aromatic rings. The lowest BCUT2D eigenvalue weighted by Gasteiger charge is -2.35. The monoisotopic (exact) mass is 314 g/mol. The molecule has 1 saturated carbocycles. The fourth-order valence-electron chi connectivity index (χ4n) is 3.37. The van der Waals surface area contributed by atoms with E-state index in [4.69, 9.17) is 5.73 Å². The van der Waals surface area contributed by atoms with Crippen molar-refractivity contribution in [2.45, 2.75) is 50.9 Å². The maximum atomic E-state index is 12.8. The molecule has 3 N–H and O–H groups in total. The number of nitrogens with zero attached hydrogens (tertiary/aromatic N) is 1. The lowest BCUT2D eigenvalue weighted by atomic mass is 9.81. The van der Waals surface area contributed by atoms with E-state index >= 15 is 0 Å². The molecule has 5 nitrogen and oxygen atoms in total. The van der Waals surface area contributed by atoms with Gasteiger partial charge in [-0.05, 0) is 44.1 Å². The molecule has 2 aliphatic rings. The number of rotatable bonds is 4. The van der Waals surface area contributed by atoms with Gasteiger partial charge in [-0.25, -0.2) is 4.79 Å². The van der Waals surface area contributed by atoms with Gasteiger partial charge in [-0.15, -0.1) is 11.8 Å². The van der Waals surface area contributed by atoms with Crippen molar-refractivity contribution in [3.05, 3.63) is 0 Å². The largest absolute Gasteiger partial charge is 0.480 e. The first-order chi connectivity index (χ1) is 9.95. The molecule has 6 heteroatoms. The Hall–Kier alpha value is -0.750. The normalized spacial score (nSPS) is 33.4. The third kappa shape index (κ3) is 3.54. The highest BCUT2D eigenvalue weighted by molar-refractivity contribution is 8.00. The molecule has 0 spiro atoms. The molecular weight excluding hydrogens is 288 g/mol. The lowest BCUT2D eigenvalue weighted by Crippen LogP contribution is -2.50. The van der Waals surface area contributed by atoms with E-state index in [1.54, 1.807) is 16.7 Å². The van der Waals surface area contributed by atoms with Crippen LogP contribution in [0.1, 0.15) is 39.5 Å². The fraction of sp³-hybridized carbons (Fsp3) is 0.867. The first-order valence-corrected chi connectivity index (χ1v) is 8.87. The zero-order valence-corrected chi connectivity index (χ0v) is 13.6. The predicted octanol–water partition coefficient (Wildman–Crippen LogP) is 1.76. The number of hydrogen-bond donors (Lipinski definition) is 2. The minimum absolute atomic E-state index is 0.00849. The first kappa shape index (κ1) is 16.6. The number of hydrogen-bond acceptors (Lipinski definition) is 4. The van der Waals surface area contributed by atoms with Crippen molar-refractivity contribution in [1.29, 1.82) is 0 Å². The third-order valence-corrected chi connectivity index (χ3v) is 6.30. The summed E-state index contributed by atoms with van der Waals surface area (Å²) in [7, 11) is 0. The van der Waals surface area contributed by atoms with E-state index in [9.17, 15) is 14.7 Å². The Balaban J connectivity index is 2.08. The number of nitrogens with two attached hydrogens (primary N) is 1. The Morgan fingerprint density at radius 1 is 1.29 bits per heavy atom. The van der Waals surface area contributed by atoms with Crippen LogP contribution in [-0.4, -0.2) is 45.6 Å². The maximum Gasteiger partial charge on any atom is 0.327 e. The van der Waals surface area contributed by atoms with Gasteiger partial charge in [0.05, 0.1) is 5.37 Å². The van der Waals surface area contributed by atoms with Crippen molar-refractivity contribution in [3.63, 3.8) is 0 Å². The number of carboxylic acids is 1. The van der Waals surface area contributed by atoms with Gasteiger partial charge < -0.3 is 15.7 Å². The molecule has 2 rings (SSSR count). The summed E-state index contributed by atoms with van der Waals surface area (Å²) < 4.78 is 0. The molecule has 1 heterocycles. The van der Waals surface area contributed by atoms with Crippen molar-refractivity contribution in [2.75, 3.05) is 12.3 Å². The molecule has 120 valence electrons. The van der Waals surface area contributed by atoms with E-state index in [0.29, 0.717) is 18.2 Å². The van der Waals surface area contributed by atoms with E-state index in [1.807, 2.05) is 13.8 Å². The Morgan fingerprint density at radius 3 is 2.38 bits per heavy atom. The van der Waals surface area contributed by atoms with Crippen LogP contribution in [0.5, 0.6) is 0 Å². The van der Waals surface area contributed by atoms with E-state index < -0.39 is 12.0 Å². The van der Waals surface area contributed by atoms with E-state index in [2.05, 4.69) is 0 Å². The summed E-state index contributed by atoms with van der Waals surface area (Å²) in [5, 5.41) is 9.38. The van der Waals surface area contributed by atoms with Gasteiger partial charge in [0.1, 0.15) is 6.04 Å². The summed E-state index contributed by atoms with van der Waals surface area (Å²) in [6, 6.07) is -0.665. The van der Waals surface area contributed by atoms with Crippen LogP contribution in [0.25, 0.3) is 0 Å². The molecule has 2 unspecified atom stereocenters. The van der Waals surface area contributed by atoms with Crippen LogP contribution in [0, 0.1) is 17.8 Å². The van der Waals surface area contributed by atoms with E-state index in [0.717, 1.165) is 25.7 Å². The minimum atomic E-state index is -0.880. The highest BCUT2D eigenvalue weighted by Crippen LogP contribution is 2.38. The van der Waals surface area contributed by atoms with Crippen molar-refractivity contribution >= 4 is 23.6 Å². The minimum Gasteiger partial charge on any atom is -0.480 e. The summed E-state index contributed by atoms with van der Waals surface area (Å²) in [6.07, 6.45) is 3.66.